The van der Waals surface area contributed by atoms with Crippen LogP contribution in [0.4, 0.5) is 0 Å². The number of hydrogen-bond acceptors (Lipinski definition) is 4. The van der Waals surface area contributed by atoms with E-state index in [0.717, 1.165) is 31.9 Å². The van der Waals surface area contributed by atoms with E-state index in [1.807, 2.05) is 42.7 Å². The minimum atomic E-state index is 0.345. The van der Waals surface area contributed by atoms with Gasteiger partial charge in [-0.15, -0.1) is 0 Å². The van der Waals surface area contributed by atoms with Gasteiger partial charge in [-0.25, -0.2) is 0 Å². The second-order valence-electron chi connectivity index (χ2n) is 5.32. The summed E-state index contributed by atoms with van der Waals surface area (Å²) in [5, 5.41) is 4.11. The molecule has 1 atom stereocenters. The number of nitrogens with zero attached hydrogens (tertiary/aromatic N) is 2. The summed E-state index contributed by atoms with van der Waals surface area (Å²) in [6.07, 6.45) is 3.75. The third kappa shape index (κ3) is 3.77. The SMILES string of the molecule is Clc1ccccc1OCCN1CCNCC1c1cccnc1. The number of rotatable bonds is 5. The zero-order valence-electron chi connectivity index (χ0n) is 12.4. The summed E-state index contributed by atoms with van der Waals surface area (Å²) in [6, 6.07) is 12.1. The van der Waals surface area contributed by atoms with Gasteiger partial charge in [0, 0.05) is 44.6 Å². The molecule has 1 aromatic carbocycles. The molecule has 22 heavy (non-hydrogen) atoms. The van der Waals surface area contributed by atoms with E-state index >= 15 is 0 Å². The molecule has 1 fully saturated rings. The maximum atomic E-state index is 6.11. The number of hydrogen-bond donors (Lipinski definition) is 1. The Labute approximate surface area is 136 Å². The van der Waals surface area contributed by atoms with Crippen LogP contribution < -0.4 is 10.1 Å². The molecule has 116 valence electrons. The third-order valence-corrected chi connectivity index (χ3v) is 4.21. The fraction of sp³-hybridized carbons (Fsp3) is 0.353. The number of para-hydroxylation sites is 1. The van der Waals surface area contributed by atoms with Gasteiger partial charge in [0.15, 0.2) is 0 Å². The van der Waals surface area contributed by atoms with Gasteiger partial charge >= 0.3 is 0 Å². The van der Waals surface area contributed by atoms with Crippen molar-refractivity contribution in [2.75, 3.05) is 32.8 Å². The van der Waals surface area contributed by atoms with Crippen molar-refractivity contribution < 1.29 is 4.74 Å². The Morgan fingerprint density at radius 1 is 1.27 bits per heavy atom. The second kappa shape index (κ2) is 7.58. The molecule has 3 rings (SSSR count). The van der Waals surface area contributed by atoms with Gasteiger partial charge < -0.3 is 10.1 Å². The fourth-order valence-corrected chi connectivity index (χ4v) is 2.94. The molecule has 0 radical (unpaired) electrons. The van der Waals surface area contributed by atoms with Crippen molar-refractivity contribution in [2.24, 2.45) is 0 Å². The van der Waals surface area contributed by atoms with E-state index in [9.17, 15) is 0 Å². The van der Waals surface area contributed by atoms with Gasteiger partial charge in [-0.1, -0.05) is 29.8 Å². The first-order valence-corrected chi connectivity index (χ1v) is 7.94. The summed E-state index contributed by atoms with van der Waals surface area (Å²) in [7, 11) is 0. The summed E-state index contributed by atoms with van der Waals surface area (Å²) >= 11 is 6.11. The highest BCUT2D eigenvalue weighted by Gasteiger charge is 2.23. The van der Waals surface area contributed by atoms with E-state index < -0.39 is 0 Å². The Hall–Kier alpha value is -1.62. The minimum Gasteiger partial charge on any atom is -0.491 e. The lowest BCUT2D eigenvalue weighted by Crippen LogP contribution is -2.47. The van der Waals surface area contributed by atoms with Crippen molar-refractivity contribution >= 4 is 11.6 Å². The Balaban J connectivity index is 1.59. The molecule has 0 bridgehead atoms. The molecule has 1 aliphatic rings. The van der Waals surface area contributed by atoms with Crippen LogP contribution in [0, 0.1) is 0 Å². The molecule has 1 aromatic heterocycles. The topological polar surface area (TPSA) is 37.4 Å². The van der Waals surface area contributed by atoms with Crippen LogP contribution in [0.2, 0.25) is 5.02 Å². The molecule has 2 heterocycles. The Morgan fingerprint density at radius 3 is 3.00 bits per heavy atom. The van der Waals surface area contributed by atoms with Crippen LogP contribution in [-0.4, -0.2) is 42.7 Å². The second-order valence-corrected chi connectivity index (χ2v) is 5.73. The molecule has 1 aliphatic heterocycles. The van der Waals surface area contributed by atoms with E-state index in [4.69, 9.17) is 16.3 Å². The molecule has 4 nitrogen and oxygen atoms in total. The molecule has 0 aliphatic carbocycles. The number of ether oxygens (including phenoxy) is 1. The van der Waals surface area contributed by atoms with Crippen molar-refractivity contribution in [3.63, 3.8) is 0 Å². The van der Waals surface area contributed by atoms with Crippen LogP contribution >= 0.6 is 11.6 Å². The highest BCUT2D eigenvalue weighted by molar-refractivity contribution is 6.32. The zero-order valence-corrected chi connectivity index (χ0v) is 13.2. The number of benzene rings is 1. The number of pyridine rings is 1. The van der Waals surface area contributed by atoms with Gasteiger partial charge in [-0.2, -0.15) is 0 Å². The third-order valence-electron chi connectivity index (χ3n) is 3.90. The van der Waals surface area contributed by atoms with Crippen LogP contribution in [0.15, 0.2) is 48.8 Å². The lowest BCUT2D eigenvalue weighted by Gasteiger charge is -2.36. The lowest BCUT2D eigenvalue weighted by molar-refractivity contribution is 0.134. The van der Waals surface area contributed by atoms with E-state index in [0.29, 0.717) is 17.7 Å². The van der Waals surface area contributed by atoms with Crippen LogP contribution in [0.25, 0.3) is 0 Å². The van der Waals surface area contributed by atoms with Crippen molar-refractivity contribution in [2.45, 2.75) is 6.04 Å². The van der Waals surface area contributed by atoms with Crippen molar-refractivity contribution in [1.29, 1.82) is 0 Å². The van der Waals surface area contributed by atoms with Crippen LogP contribution in [0.5, 0.6) is 5.75 Å². The first-order valence-electron chi connectivity index (χ1n) is 7.56. The number of nitrogens with one attached hydrogen (secondary N) is 1. The van der Waals surface area contributed by atoms with Gasteiger partial charge in [0.2, 0.25) is 0 Å². The summed E-state index contributed by atoms with van der Waals surface area (Å²) in [6.45, 7) is 4.44. The Morgan fingerprint density at radius 2 is 2.18 bits per heavy atom. The predicted octanol–water partition coefficient (Wildman–Crippen LogP) is 2.76. The summed E-state index contributed by atoms with van der Waals surface area (Å²) in [5.74, 6) is 0.747. The summed E-state index contributed by atoms with van der Waals surface area (Å²) in [4.78, 5) is 6.67. The molecule has 0 amide bonds. The van der Waals surface area contributed by atoms with Crippen LogP contribution in [-0.2, 0) is 0 Å². The number of piperazine rings is 1. The molecular formula is C17H20ClN3O. The molecule has 0 spiro atoms. The molecule has 2 aromatic rings. The Bertz CT molecular complexity index is 593. The largest absolute Gasteiger partial charge is 0.491 e. The van der Waals surface area contributed by atoms with Crippen molar-refractivity contribution in [3.8, 4) is 5.75 Å². The molecule has 1 unspecified atom stereocenters. The number of aromatic nitrogens is 1. The first-order chi connectivity index (χ1) is 10.8. The Kier molecular flexibility index (Phi) is 5.27. The highest BCUT2D eigenvalue weighted by Crippen LogP contribution is 2.24. The average Bonchev–Trinajstić information content (AvgIpc) is 2.58. The average molecular weight is 318 g/mol. The zero-order chi connectivity index (χ0) is 15.2. The summed E-state index contributed by atoms with van der Waals surface area (Å²) in [5.41, 5.74) is 1.24. The molecular weight excluding hydrogens is 298 g/mol. The molecule has 0 saturated carbocycles. The van der Waals surface area contributed by atoms with E-state index in [-0.39, 0.29) is 0 Å². The van der Waals surface area contributed by atoms with Crippen molar-refractivity contribution in [3.05, 3.63) is 59.4 Å². The van der Waals surface area contributed by atoms with Gasteiger partial charge in [0.05, 0.1) is 5.02 Å². The predicted molar refractivity (Wildman–Crippen MR) is 88.4 cm³/mol. The first kappa shape index (κ1) is 15.3. The molecule has 1 N–H and O–H groups in total. The summed E-state index contributed by atoms with van der Waals surface area (Å²) < 4.78 is 5.81. The lowest BCUT2D eigenvalue weighted by atomic mass is 10.1. The maximum absolute atomic E-state index is 6.11. The van der Waals surface area contributed by atoms with E-state index in [2.05, 4.69) is 21.3 Å². The quantitative estimate of drug-likeness (QED) is 0.920. The van der Waals surface area contributed by atoms with Crippen LogP contribution in [0.3, 0.4) is 0 Å². The molecule has 5 heteroatoms. The van der Waals surface area contributed by atoms with Gasteiger partial charge in [0.25, 0.3) is 0 Å². The van der Waals surface area contributed by atoms with E-state index in [1.165, 1.54) is 5.56 Å². The number of halogens is 1. The van der Waals surface area contributed by atoms with Gasteiger partial charge in [-0.3, -0.25) is 9.88 Å². The monoisotopic (exact) mass is 317 g/mol. The van der Waals surface area contributed by atoms with Crippen molar-refractivity contribution in [1.82, 2.24) is 15.2 Å². The minimum absolute atomic E-state index is 0.345. The fourth-order valence-electron chi connectivity index (χ4n) is 2.75. The molecule has 1 saturated heterocycles. The smallest absolute Gasteiger partial charge is 0.137 e. The van der Waals surface area contributed by atoms with Crippen LogP contribution in [0.1, 0.15) is 11.6 Å². The maximum Gasteiger partial charge on any atom is 0.137 e. The van der Waals surface area contributed by atoms with E-state index in [1.54, 1.807) is 0 Å². The standard InChI is InChI=1S/C17H20ClN3O/c18-15-5-1-2-6-17(15)22-11-10-21-9-8-20-13-16(21)14-4-3-7-19-12-14/h1-7,12,16,20H,8-11,13H2. The highest BCUT2D eigenvalue weighted by atomic mass is 35.5. The normalized spacial score (nSPS) is 19.0. The van der Waals surface area contributed by atoms with Gasteiger partial charge in [0.1, 0.15) is 12.4 Å². The van der Waals surface area contributed by atoms with Gasteiger partial charge in [-0.05, 0) is 23.8 Å².